The Morgan fingerprint density at radius 2 is 1.09 bits per heavy atom. The van der Waals surface area contributed by atoms with Crippen LogP contribution in [0.5, 0.6) is 0 Å². The first-order valence-corrected chi connectivity index (χ1v) is 10.3. The van der Waals surface area contributed by atoms with Crippen molar-refractivity contribution in [3.8, 4) is 0 Å². The summed E-state index contributed by atoms with van der Waals surface area (Å²) in [4.78, 5) is 0. The van der Waals surface area contributed by atoms with E-state index in [-0.39, 0.29) is 0 Å². The Labute approximate surface area is 140 Å². The molecule has 0 N–H and O–H groups in total. The molecule has 0 saturated heterocycles. The molecule has 0 amide bonds. The molecule has 1 aliphatic rings. The van der Waals surface area contributed by atoms with Crippen LogP contribution in [0.15, 0.2) is 23.8 Å². The molecule has 0 atom stereocenters. The van der Waals surface area contributed by atoms with Gasteiger partial charge in [0.05, 0.1) is 0 Å². The minimum absolute atomic E-state index is 1.17. The van der Waals surface area contributed by atoms with Crippen LogP contribution in [0.1, 0.15) is 116 Å². The summed E-state index contributed by atoms with van der Waals surface area (Å²) in [6, 6.07) is 0. The quantitative estimate of drug-likeness (QED) is 0.252. The average molecular weight is 305 g/mol. The van der Waals surface area contributed by atoms with Crippen LogP contribution in [0, 0.1) is 0 Å². The topological polar surface area (TPSA) is 0 Å². The normalized spacial score (nSPS) is 13.8. The second kappa shape index (κ2) is 15.4. The molecular formula is C22H40. The predicted molar refractivity (Wildman–Crippen MR) is 101 cm³/mol. The summed E-state index contributed by atoms with van der Waals surface area (Å²) in [6.07, 6.45) is 31.3. The molecule has 0 nitrogen and oxygen atoms in total. The van der Waals surface area contributed by atoms with Crippen LogP contribution in [0.3, 0.4) is 0 Å². The van der Waals surface area contributed by atoms with E-state index in [1.54, 1.807) is 5.57 Å². The Balaban J connectivity index is 1.67. The van der Waals surface area contributed by atoms with Crippen LogP contribution in [0.2, 0.25) is 0 Å². The third-order valence-corrected chi connectivity index (χ3v) is 4.92. The molecule has 0 aliphatic heterocycles. The third-order valence-electron chi connectivity index (χ3n) is 4.92. The van der Waals surface area contributed by atoms with Gasteiger partial charge in [0.2, 0.25) is 0 Å². The van der Waals surface area contributed by atoms with Crippen molar-refractivity contribution in [1.82, 2.24) is 0 Å². The fourth-order valence-corrected chi connectivity index (χ4v) is 3.39. The van der Waals surface area contributed by atoms with E-state index >= 15 is 0 Å². The van der Waals surface area contributed by atoms with Gasteiger partial charge in [-0.1, -0.05) is 121 Å². The highest BCUT2D eigenvalue weighted by Gasteiger charge is 1.98. The predicted octanol–water partition coefficient (Wildman–Crippen LogP) is 8.13. The SMILES string of the molecule is CCCCCCCCCCCCCCCCCC1=CCC=C1. The molecule has 0 fully saturated rings. The van der Waals surface area contributed by atoms with Gasteiger partial charge in [-0.05, 0) is 19.3 Å². The maximum Gasteiger partial charge on any atom is -0.0160 e. The summed E-state index contributed by atoms with van der Waals surface area (Å²) >= 11 is 0. The number of allylic oxidation sites excluding steroid dienone is 4. The number of unbranched alkanes of at least 4 members (excludes halogenated alkanes) is 14. The summed E-state index contributed by atoms with van der Waals surface area (Å²) in [7, 11) is 0. The van der Waals surface area contributed by atoms with Gasteiger partial charge in [0, 0.05) is 0 Å². The second-order valence-corrected chi connectivity index (χ2v) is 7.12. The summed E-state index contributed by atoms with van der Waals surface area (Å²) in [5, 5.41) is 0. The zero-order valence-electron chi connectivity index (χ0n) is 15.3. The molecular weight excluding hydrogens is 264 g/mol. The Morgan fingerprint density at radius 3 is 1.50 bits per heavy atom. The molecule has 0 aromatic rings. The molecule has 0 radical (unpaired) electrons. The van der Waals surface area contributed by atoms with Gasteiger partial charge in [0.1, 0.15) is 0 Å². The van der Waals surface area contributed by atoms with Gasteiger partial charge < -0.3 is 0 Å². The summed E-state index contributed by atoms with van der Waals surface area (Å²) in [5.41, 5.74) is 1.58. The minimum Gasteiger partial charge on any atom is -0.0805 e. The van der Waals surface area contributed by atoms with E-state index < -0.39 is 0 Å². The van der Waals surface area contributed by atoms with Crippen LogP contribution >= 0.6 is 0 Å². The molecule has 0 spiro atoms. The van der Waals surface area contributed by atoms with Crippen molar-refractivity contribution in [3.05, 3.63) is 23.8 Å². The number of rotatable bonds is 16. The lowest BCUT2D eigenvalue weighted by Crippen LogP contribution is -1.84. The highest BCUT2D eigenvalue weighted by Crippen LogP contribution is 2.18. The van der Waals surface area contributed by atoms with Crippen molar-refractivity contribution in [2.45, 2.75) is 116 Å². The van der Waals surface area contributed by atoms with E-state index in [4.69, 9.17) is 0 Å². The Hall–Kier alpha value is -0.520. The van der Waals surface area contributed by atoms with E-state index in [1.165, 1.54) is 109 Å². The monoisotopic (exact) mass is 304 g/mol. The van der Waals surface area contributed by atoms with Crippen LogP contribution in [-0.4, -0.2) is 0 Å². The standard InChI is InChI=1S/C22H40/c1-2-3-4-5-6-7-8-9-10-11-12-13-14-15-16-19-22-20-17-18-21-22/h17,20-21H,2-16,18-19H2,1H3. The van der Waals surface area contributed by atoms with Crippen molar-refractivity contribution < 1.29 is 0 Å². The highest BCUT2D eigenvalue weighted by molar-refractivity contribution is 5.25. The Kier molecular flexibility index (Phi) is 13.6. The van der Waals surface area contributed by atoms with E-state index in [1.807, 2.05) is 0 Å². The highest BCUT2D eigenvalue weighted by atomic mass is 14.0. The Bertz CT molecular complexity index is 284. The third kappa shape index (κ3) is 12.1. The second-order valence-electron chi connectivity index (χ2n) is 7.12. The van der Waals surface area contributed by atoms with E-state index in [0.29, 0.717) is 0 Å². The molecule has 1 aliphatic carbocycles. The number of hydrogen-bond acceptors (Lipinski definition) is 0. The molecule has 0 heterocycles. The lowest BCUT2D eigenvalue weighted by molar-refractivity contribution is 0.532. The first-order chi connectivity index (χ1) is 10.9. The molecule has 128 valence electrons. The number of hydrogen-bond donors (Lipinski definition) is 0. The molecule has 0 bridgehead atoms. The maximum absolute atomic E-state index is 2.38. The van der Waals surface area contributed by atoms with Crippen LogP contribution < -0.4 is 0 Å². The zero-order valence-corrected chi connectivity index (χ0v) is 15.3. The average Bonchev–Trinajstić information content (AvgIpc) is 3.04. The fourth-order valence-electron chi connectivity index (χ4n) is 3.39. The van der Waals surface area contributed by atoms with Crippen LogP contribution in [-0.2, 0) is 0 Å². The Morgan fingerprint density at radius 1 is 0.636 bits per heavy atom. The van der Waals surface area contributed by atoms with Crippen molar-refractivity contribution in [1.29, 1.82) is 0 Å². The smallest absolute Gasteiger partial charge is 0.0160 e. The summed E-state index contributed by atoms with van der Waals surface area (Å²) in [5.74, 6) is 0. The first kappa shape index (κ1) is 19.5. The van der Waals surface area contributed by atoms with Crippen molar-refractivity contribution in [2.75, 3.05) is 0 Å². The largest absolute Gasteiger partial charge is 0.0805 e. The maximum atomic E-state index is 2.38. The van der Waals surface area contributed by atoms with Crippen molar-refractivity contribution in [3.63, 3.8) is 0 Å². The lowest BCUT2D eigenvalue weighted by atomic mass is 10.0. The lowest BCUT2D eigenvalue weighted by Gasteiger charge is -2.03. The molecule has 0 unspecified atom stereocenters. The molecule has 0 heteroatoms. The van der Waals surface area contributed by atoms with Gasteiger partial charge in [-0.15, -0.1) is 0 Å². The van der Waals surface area contributed by atoms with E-state index in [2.05, 4.69) is 25.2 Å². The van der Waals surface area contributed by atoms with E-state index in [0.717, 1.165) is 0 Å². The van der Waals surface area contributed by atoms with Crippen LogP contribution in [0.25, 0.3) is 0 Å². The molecule has 0 aromatic carbocycles. The van der Waals surface area contributed by atoms with Gasteiger partial charge in [-0.25, -0.2) is 0 Å². The fraction of sp³-hybridized carbons (Fsp3) is 0.818. The van der Waals surface area contributed by atoms with Gasteiger partial charge in [-0.3, -0.25) is 0 Å². The molecule has 1 rings (SSSR count). The van der Waals surface area contributed by atoms with Crippen LogP contribution in [0.4, 0.5) is 0 Å². The van der Waals surface area contributed by atoms with Gasteiger partial charge in [0.25, 0.3) is 0 Å². The summed E-state index contributed by atoms with van der Waals surface area (Å²) < 4.78 is 0. The summed E-state index contributed by atoms with van der Waals surface area (Å²) in [6.45, 7) is 2.30. The molecule has 0 aromatic heterocycles. The first-order valence-electron chi connectivity index (χ1n) is 10.3. The van der Waals surface area contributed by atoms with Gasteiger partial charge in [-0.2, -0.15) is 0 Å². The van der Waals surface area contributed by atoms with E-state index in [9.17, 15) is 0 Å². The van der Waals surface area contributed by atoms with Gasteiger partial charge >= 0.3 is 0 Å². The minimum atomic E-state index is 1.17. The van der Waals surface area contributed by atoms with Crippen molar-refractivity contribution >= 4 is 0 Å². The van der Waals surface area contributed by atoms with Gasteiger partial charge in [0.15, 0.2) is 0 Å². The van der Waals surface area contributed by atoms with Crippen molar-refractivity contribution in [2.24, 2.45) is 0 Å². The zero-order chi connectivity index (χ0) is 15.7. The molecule has 22 heavy (non-hydrogen) atoms. The molecule has 0 saturated carbocycles.